The Kier molecular flexibility index (Phi) is 4.79. The Balaban J connectivity index is 2.03. The number of rotatable bonds is 4. The van der Waals surface area contributed by atoms with Crippen LogP contribution in [0, 0.1) is 5.92 Å². The topological polar surface area (TPSA) is 29.3 Å². The summed E-state index contributed by atoms with van der Waals surface area (Å²) in [4.78, 5) is 2.55. The van der Waals surface area contributed by atoms with Crippen LogP contribution >= 0.6 is 0 Å². The minimum atomic E-state index is 0.352. The molecule has 3 unspecified atom stereocenters. The van der Waals surface area contributed by atoms with Crippen molar-refractivity contribution in [2.45, 2.75) is 51.7 Å². The molecular weight excluding hydrogens is 220 g/mol. The summed E-state index contributed by atoms with van der Waals surface area (Å²) in [6, 6.07) is 11.6. The van der Waals surface area contributed by atoms with Crippen LogP contribution < -0.4 is 5.73 Å². The summed E-state index contributed by atoms with van der Waals surface area (Å²) in [6.07, 6.45) is 3.72. The molecule has 1 aliphatic carbocycles. The molecule has 18 heavy (non-hydrogen) atoms. The van der Waals surface area contributed by atoms with Gasteiger partial charge in [0.05, 0.1) is 0 Å². The first kappa shape index (κ1) is 13.6. The fourth-order valence-electron chi connectivity index (χ4n) is 3.08. The van der Waals surface area contributed by atoms with Gasteiger partial charge in [0.15, 0.2) is 0 Å². The van der Waals surface area contributed by atoms with E-state index in [0.29, 0.717) is 12.1 Å². The molecule has 1 aromatic carbocycles. The molecule has 2 rings (SSSR count). The molecule has 1 aliphatic rings. The Labute approximate surface area is 111 Å². The molecule has 2 heteroatoms. The zero-order valence-electron chi connectivity index (χ0n) is 11.7. The van der Waals surface area contributed by atoms with E-state index in [1.165, 1.54) is 24.8 Å². The average molecular weight is 246 g/mol. The lowest BCUT2D eigenvalue weighted by atomic mass is 9.83. The van der Waals surface area contributed by atoms with Crippen LogP contribution in [0.2, 0.25) is 0 Å². The largest absolute Gasteiger partial charge is 0.326 e. The van der Waals surface area contributed by atoms with Crippen molar-refractivity contribution in [2.24, 2.45) is 11.7 Å². The van der Waals surface area contributed by atoms with E-state index in [-0.39, 0.29) is 0 Å². The molecule has 1 aromatic rings. The summed E-state index contributed by atoms with van der Waals surface area (Å²) in [5.41, 5.74) is 7.72. The van der Waals surface area contributed by atoms with Gasteiger partial charge in [-0.15, -0.1) is 0 Å². The van der Waals surface area contributed by atoms with Gasteiger partial charge < -0.3 is 5.73 Å². The van der Waals surface area contributed by atoms with Crippen molar-refractivity contribution >= 4 is 0 Å². The predicted molar refractivity (Wildman–Crippen MR) is 77.3 cm³/mol. The van der Waals surface area contributed by atoms with Crippen LogP contribution in [0.5, 0.6) is 0 Å². The highest BCUT2D eigenvalue weighted by molar-refractivity contribution is 5.14. The Morgan fingerprint density at radius 1 is 1.22 bits per heavy atom. The van der Waals surface area contributed by atoms with Gasteiger partial charge >= 0.3 is 0 Å². The van der Waals surface area contributed by atoms with Gasteiger partial charge in [0.2, 0.25) is 0 Å². The summed E-state index contributed by atoms with van der Waals surface area (Å²) >= 11 is 0. The third-order valence-corrected chi connectivity index (χ3v) is 4.23. The van der Waals surface area contributed by atoms with E-state index in [0.717, 1.165) is 19.0 Å². The van der Waals surface area contributed by atoms with Crippen LogP contribution in [0.4, 0.5) is 0 Å². The highest BCUT2D eigenvalue weighted by atomic mass is 15.2. The van der Waals surface area contributed by atoms with E-state index in [1.807, 2.05) is 0 Å². The van der Waals surface area contributed by atoms with E-state index in [1.54, 1.807) is 0 Å². The normalized spacial score (nSPS) is 28.6. The molecular formula is C16H26N2. The lowest BCUT2D eigenvalue weighted by Crippen LogP contribution is -2.50. The van der Waals surface area contributed by atoms with Crippen molar-refractivity contribution in [2.75, 3.05) is 6.54 Å². The second-order valence-electron chi connectivity index (χ2n) is 5.70. The van der Waals surface area contributed by atoms with Gasteiger partial charge in [-0.3, -0.25) is 4.90 Å². The highest BCUT2D eigenvalue weighted by Gasteiger charge is 2.29. The van der Waals surface area contributed by atoms with Gasteiger partial charge in [-0.25, -0.2) is 0 Å². The standard InChI is InChI=1S/C16H26N2/c1-3-18(12-14-7-5-4-6-8-14)16-11-13(2)9-10-15(16)17/h4-8,13,15-16H,3,9-12,17H2,1-2H3. The minimum absolute atomic E-state index is 0.352. The lowest BCUT2D eigenvalue weighted by Gasteiger charge is -2.40. The second kappa shape index (κ2) is 6.35. The van der Waals surface area contributed by atoms with Crippen molar-refractivity contribution in [1.29, 1.82) is 0 Å². The van der Waals surface area contributed by atoms with Crippen LogP contribution in [-0.4, -0.2) is 23.5 Å². The molecule has 100 valence electrons. The maximum Gasteiger partial charge on any atom is 0.0253 e. The Hall–Kier alpha value is -0.860. The van der Waals surface area contributed by atoms with Gasteiger partial charge in [-0.1, -0.05) is 44.2 Å². The monoisotopic (exact) mass is 246 g/mol. The molecule has 0 heterocycles. The number of hydrogen-bond acceptors (Lipinski definition) is 2. The molecule has 2 N–H and O–H groups in total. The maximum absolute atomic E-state index is 6.33. The van der Waals surface area contributed by atoms with Crippen molar-refractivity contribution in [3.05, 3.63) is 35.9 Å². The number of nitrogens with zero attached hydrogens (tertiary/aromatic N) is 1. The number of nitrogens with two attached hydrogens (primary N) is 1. The molecule has 0 radical (unpaired) electrons. The predicted octanol–water partition coefficient (Wildman–Crippen LogP) is 3.02. The average Bonchev–Trinajstić information content (AvgIpc) is 2.40. The second-order valence-corrected chi connectivity index (χ2v) is 5.70. The SMILES string of the molecule is CCN(Cc1ccccc1)C1CC(C)CCC1N. The van der Waals surface area contributed by atoms with E-state index in [4.69, 9.17) is 5.73 Å². The zero-order chi connectivity index (χ0) is 13.0. The first-order valence-electron chi connectivity index (χ1n) is 7.24. The molecule has 0 saturated heterocycles. The Morgan fingerprint density at radius 2 is 1.94 bits per heavy atom. The Bertz CT molecular complexity index is 349. The molecule has 3 atom stereocenters. The van der Waals surface area contributed by atoms with Crippen molar-refractivity contribution in [3.63, 3.8) is 0 Å². The van der Waals surface area contributed by atoms with Gasteiger partial charge in [-0.05, 0) is 37.3 Å². The van der Waals surface area contributed by atoms with Crippen LogP contribution in [0.3, 0.4) is 0 Å². The quantitative estimate of drug-likeness (QED) is 0.885. The summed E-state index contributed by atoms with van der Waals surface area (Å²) < 4.78 is 0. The summed E-state index contributed by atoms with van der Waals surface area (Å²) in [6.45, 7) is 6.71. The third kappa shape index (κ3) is 3.33. The molecule has 0 aromatic heterocycles. The van der Waals surface area contributed by atoms with Crippen LogP contribution in [0.25, 0.3) is 0 Å². The van der Waals surface area contributed by atoms with Crippen LogP contribution in [-0.2, 0) is 6.54 Å². The molecule has 2 nitrogen and oxygen atoms in total. The smallest absolute Gasteiger partial charge is 0.0253 e. The van der Waals surface area contributed by atoms with Crippen molar-refractivity contribution < 1.29 is 0 Å². The van der Waals surface area contributed by atoms with E-state index < -0.39 is 0 Å². The number of hydrogen-bond donors (Lipinski definition) is 1. The first-order valence-corrected chi connectivity index (χ1v) is 7.24. The lowest BCUT2D eigenvalue weighted by molar-refractivity contribution is 0.115. The van der Waals surface area contributed by atoms with Crippen LogP contribution in [0.15, 0.2) is 30.3 Å². The fourth-order valence-corrected chi connectivity index (χ4v) is 3.08. The molecule has 0 bridgehead atoms. The van der Waals surface area contributed by atoms with E-state index in [2.05, 4.69) is 49.1 Å². The maximum atomic E-state index is 6.33. The summed E-state index contributed by atoms with van der Waals surface area (Å²) in [5, 5.41) is 0. The highest BCUT2D eigenvalue weighted by Crippen LogP contribution is 2.27. The van der Waals surface area contributed by atoms with E-state index >= 15 is 0 Å². The minimum Gasteiger partial charge on any atom is -0.326 e. The molecule has 1 saturated carbocycles. The van der Waals surface area contributed by atoms with Gasteiger partial charge in [0.25, 0.3) is 0 Å². The molecule has 1 fully saturated rings. The first-order chi connectivity index (χ1) is 8.70. The fraction of sp³-hybridized carbons (Fsp3) is 0.625. The third-order valence-electron chi connectivity index (χ3n) is 4.23. The van der Waals surface area contributed by atoms with Crippen LogP contribution in [0.1, 0.15) is 38.7 Å². The molecule has 0 aliphatic heterocycles. The van der Waals surface area contributed by atoms with E-state index in [9.17, 15) is 0 Å². The Morgan fingerprint density at radius 3 is 2.61 bits per heavy atom. The van der Waals surface area contributed by atoms with Gasteiger partial charge in [0.1, 0.15) is 0 Å². The molecule has 0 spiro atoms. The van der Waals surface area contributed by atoms with Gasteiger partial charge in [-0.2, -0.15) is 0 Å². The van der Waals surface area contributed by atoms with Crippen molar-refractivity contribution in [1.82, 2.24) is 4.90 Å². The molecule has 0 amide bonds. The number of likely N-dealkylation sites (N-methyl/N-ethyl adjacent to an activating group) is 1. The van der Waals surface area contributed by atoms with Gasteiger partial charge in [0, 0.05) is 18.6 Å². The zero-order valence-corrected chi connectivity index (χ0v) is 11.7. The summed E-state index contributed by atoms with van der Waals surface area (Å²) in [7, 11) is 0. The summed E-state index contributed by atoms with van der Waals surface area (Å²) in [5.74, 6) is 0.819. The van der Waals surface area contributed by atoms with Crippen molar-refractivity contribution in [3.8, 4) is 0 Å². The number of benzene rings is 1.